The van der Waals surface area contributed by atoms with Crippen LogP contribution in [0.1, 0.15) is 16.1 Å². The molecular weight excluding hydrogens is 278 g/mol. The molecule has 0 aliphatic rings. The fraction of sp³-hybridized carbons (Fsp3) is 0.308. The molecule has 0 fully saturated rings. The van der Waals surface area contributed by atoms with Gasteiger partial charge in [-0.3, -0.25) is 9.36 Å². The highest BCUT2D eigenvalue weighted by Crippen LogP contribution is 2.19. The Morgan fingerprint density at radius 2 is 2.11 bits per heavy atom. The largest absolute Gasteiger partial charge is 0.298 e. The fourth-order valence-corrected chi connectivity index (χ4v) is 3.73. The Hall–Kier alpha value is -1.53. The quantitative estimate of drug-likeness (QED) is 0.745. The van der Waals surface area contributed by atoms with Crippen LogP contribution < -0.4 is 5.56 Å². The van der Waals surface area contributed by atoms with Crippen molar-refractivity contribution < 1.29 is 0 Å². The summed E-state index contributed by atoms with van der Waals surface area (Å²) in [6.07, 6.45) is 2.48. The van der Waals surface area contributed by atoms with Crippen LogP contribution in [0.4, 0.5) is 0 Å². The van der Waals surface area contributed by atoms with Crippen molar-refractivity contribution in [1.29, 1.82) is 0 Å². The van der Waals surface area contributed by atoms with Crippen LogP contribution >= 0.6 is 22.7 Å². The number of hydrogen-bond donors (Lipinski definition) is 0. The van der Waals surface area contributed by atoms with E-state index in [0.717, 1.165) is 27.9 Å². The highest BCUT2D eigenvalue weighted by atomic mass is 32.1. The van der Waals surface area contributed by atoms with Gasteiger partial charge in [0, 0.05) is 17.8 Å². The van der Waals surface area contributed by atoms with E-state index < -0.39 is 0 Å². The van der Waals surface area contributed by atoms with E-state index in [1.54, 1.807) is 22.2 Å². The molecule has 0 aliphatic heterocycles. The summed E-state index contributed by atoms with van der Waals surface area (Å²) in [7, 11) is 0. The molecule has 0 N–H and O–H groups in total. The van der Waals surface area contributed by atoms with Crippen molar-refractivity contribution >= 4 is 32.9 Å². The summed E-state index contributed by atoms with van der Waals surface area (Å²) in [6, 6.07) is 0. The molecule has 0 spiro atoms. The molecule has 6 heteroatoms. The van der Waals surface area contributed by atoms with Gasteiger partial charge >= 0.3 is 0 Å². The van der Waals surface area contributed by atoms with Gasteiger partial charge in [0.2, 0.25) is 0 Å². The fourth-order valence-electron chi connectivity index (χ4n) is 2.01. The van der Waals surface area contributed by atoms with Gasteiger partial charge in [0.25, 0.3) is 5.56 Å². The number of fused-ring (bicyclic) bond motifs is 1. The minimum Gasteiger partial charge on any atom is -0.298 e. The van der Waals surface area contributed by atoms with Crippen molar-refractivity contribution in [2.45, 2.75) is 26.8 Å². The number of rotatable bonds is 3. The molecule has 3 aromatic rings. The lowest BCUT2D eigenvalue weighted by atomic mass is 10.3. The Kier molecular flexibility index (Phi) is 3.20. The summed E-state index contributed by atoms with van der Waals surface area (Å²) >= 11 is 3.11. The highest BCUT2D eigenvalue weighted by Gasteiger charge is 2.09. The van der Waals surface area contributed by atoms with E-state index in [4.69, 9.17) is 0 Å². The summed E-state index contributed by atoms with van der Waals surface area (Å²) < 4.78 is 2.44. The van der Waals surface area contributed by atoms with E-state index in [0.29, 0.717) is 6.54 Å². The Labute approximate surface area is 118 Å². The van der Waals surface area contributed by atoms with Crippen LogP contribution in [0.15, 0.2) is 22.0 Å². The van der Waals surface area contributed by atoms with E-state index in [9.17, 15) is 4.79 Å². The molecule has 0 saturated carbocycles. The number of hydrogen-bond acceptors (Lipinski definition) is 5. The number of thiazole rings is 1. The van der Waals surface area contributed by atoms with Gasteiger partial charge in [-0.25, -0.2) is 9.97 Å². The molecular formula is C13H13N3OS2. The average Bonchev–Trinajstić information content (AvgIpc) is 2.96. The SMILES string of the molecule is Cc1ncsc1CCn1cnc2c(C)csc2c1=O. The maximum absolute atomic E-state index is 12.3. The van der Waals surface area contributed by atoms with E-state index in [1.165, 1.54) is 16.2 Å². The molecule has 3 rings (SSSR count). The van der Waals surface area contributed by atoms with Crippen LogP contribution in [0.2, 0.25) is 0 Å². The van der Waals surface area contributed by atoms with Crippen molar-refractivity contribution in [3.8, 4) is 0 Å². The maximum Gasteiger partial charge on any atom is 0.271 e. The second kappa shape index (κ2) is 4.86. The van der Waals surface area contributed by atoms with Gasteiger partial charge in [0.1, 0.15) is 4.70 Å². The molecule has 98 valence electrons. The van der Waals surface area contributed by atoms with Gasteiger partial charge < -0.3 is 0 Å². The smallest absolute Gasteiger partial charge is 0.271 e. The number of thiophene rings is 1. The number of aryl methyl sites for hydroxylation is 4. The summed E-state index contributed by atoms with van der Waals surface area (Å²) in [4.78, 5) is 22.1. The van der Waals surface area contributed by atoms with Gasteiger partial charge in [-0.1, -0.05) is 0 Å². The second-order valence-corrected chi connectivity index (χ2v) is 6.27. The molecule has 3 heterocycles. The van der Waals surface area contributed by atoms with Crippen LogP contribution in [0, 0.1) is 13.8 Å². The number of nitrogens with zero attached hydrogens (tertiary/aromatic N) is 3. The first kappa shape index (κ1) is 12.5. The van der Waals surface area contributed by atoms with E-state index in [1.807, 2.05) is 24.7 Å². The van der Waals surface area contributed by atoms with Crippen molar-refractivity contribution in [1.82, 2.24) is 14.5 Å². The van der Waals surface area contributed by atoms with Gasteiger partial charge in [-0.15, -0.1) is 22.7 Å². The standard InChI is InChI=1S/C13H13N3OS2/c1-8-5-18-12-11(8)14-6-16(13(12)17)4-3-10-9(2)15-7-19-10/h5-7H,3-4H2,1-2H3. The molecule has 0 saturated heterocycles. The average molecular weight is 291 g/mol. The maximum atomic E-state index is 12.3. The molecule has 0 amide bonds. The Balaban J connectivity index is 1.91. The third-order valence-corrected chi connectivity index (χ3v) is 5.22. The predicted octanol–water partition coefficient (Wildman–Crippen LogP) is 2.77. The lowest BCUT2D eigenvalue weighted by Gasteiger charge is -2.04. The van der Waals surface area contributed by atoms with Crippen molar-refractivity contribution in [3.63, 3.8) is 0 Å². The summed E-state index contributed by atoms with van der Waals surface area (Å²) in [5.41, 5.74) is 4.87. The first-order chi connectivity index (χ1) is 9.16. The zero-order valence-corrected chi connectivity index (χ0v) is 12.3. The molecule has 0 aliphatic carbocycles. The molecule has 3 aromatic heterocycles. The Morgan fingerprint density at radius 3 is 2.84 bits per heavy atom. The monoisotopic (exact) mass is 291 g/mol. The predicted molar refractivity (Wildman–Crippen MR) is 79.2 cm³/mol. The van der Waals surface area contributed by atoms with Gasteiger partial charge in [0.15, 0.2) is 0 Å². The van der Waals surface area contributed by atoms with E-state index in [-0.39, 0.29) is 5.56 Å². The van der Waals surface area contributed by atoms with E-state index >= 15 is 0 Å². The molecule has 0 atom stereocenters. The van der Waals surface area contributed by atoms with Crippen molar-refractivity contribution in [3.05, 3.63) is 43.7 Å². The molecule has 19 heavy (non-hydrogen) atoms. The number of aromatic nitrogens is 3. The topological polar surface area (TPSA) is 47.8 Å². The highest BCUT2D eigenvalue weighted by molar-refractivity contribution is 7.17. The molecule has 0 radical (unpaired) electrons. The van der Waals surface area contributed by atoms with Crippen molar-refractivity contribution in [2.24, 2.45) is 0 Å². The normalized spacial score (nSPS) is 11.3. The Bertz CT molecular complexity index is 785. The van der Waals surface area contributed by atoms with Crippen LogP contribution in [0.5, 0.6) is 0 Å². The molecule has 0 unspecified atom stereocenters. The lowest BCUT2D eigenvalue weighted by molar-refractivity contribution is 0.666. The summed E-state index contributed by atoms with van der Waals surface area (Å²) in [5.74, 6) is 0. The van der Waals surface area contributed by atoms with Crippen LogP contribution in [-0.4, -0.2) is 14.5 Å². The first-order valence-corrected chi connectivity index (χ1v) is 7.75. The van der Waals surface area contributed by atoms with Crippen LogP contribution in [-0.2, 0) is 13.0 Å². The van der Waals surface area contributed by atoms with Gasteiger partial charge in [-0.2, -0.15) is 0 Å². The van der Waals surface area contributed by atoms with Crippen LogP contribution in [0.3, 0.4) is 0 Å². The van der Waals surface area contributed by atoms with Gasteiger partial charge in [0.05, 0.1) is 23.0 Å². The van der Waals surface area contributed by atoms with E-state index in [2.05, 4.69) is 9.97 Å². The lowest BCUT2D eigenvalue weighted by Crippen LogP contribution is -2.20. The van der Waals surface area contributed by atoms with Gasteiger partial charge in [-0.05, 0) is 24.8 Å². The Morgan fingerprint density at radius 1 is 1.26 bits per heavy atom. The molecule has 0 aromatic carbocycles. The zero-order valence-electron chi connectivity index (χ0n) is 10.7. The second-order valence-electron chi connectivity index (χ2n) is 4.45. The van der Waals surface area contributed by atoms with Crippen molar-refractivity contribution in [2.75, 3.05) is 0 Å². The minimum atomic E-state index is 0.0604. The third-order valence-electron chi connectivity index (χ3n) is 3.15. The zero-order chi connectivity index (χ0) is 13.4. The molecule has 0 bridgehead atoms. The summed E-state index contributed by atoms with van der Waals surface area (Å²) in [5, 5.41) is 1.98. The minimum absolute atomic E-state index is 0.0604. The van der Waals surface area contributed by atoms with Crippen LogP contribution in [0.25, 0.3) is 10.2 Å². The first-order valence-electron chi connectivity index (χ1n) is 5.99. The molecule has 4 nitrogen and oxygen atoms in total. The third kappa shape index (κ3) is 2.21. The summed E-state index contributed by atoms with van der Waals surface area (Å²) in [6.45, 7) is 4.64.